The van der Waals surface area contributed by atoms with Crippen molar-refractivity contribution in [2.45, 2.75) is 70.6 Å². The quantitative estimate of drug-likeness (QED) is 0.141. The van der Waals surface area contributed by atoms with Crippen molar-refractivity contribution >= 4 is 41.2 Å². The minimum absolute atomic E-state index is 0.0127. The average Bonchev–Trinajstić information content (AvgIpc) is 3.22. The smallest absolute Gasteiger partial charge is 0.411 e. The molecule has 302 valence electrons. The summed E-state index contributed by atoms with van der Waals surface area (Å²) in [5.74, 6) is -0.185. The number of fused-ring (bicyclic) bond motifs is 2. The highest BCUT2D eigenvalue weighted by Crippen LogP contribution is 2.41. The molecule has 2 amide bonds. The molecule has 0 aliphatic carbocycles. The Morgan fingerprint density at radius 3 is 2.19 bits per heavy atom. The number of amides is 2. The molecule has 5 aromatic rings. The summed E-state index contributed by atoms with van der Waals surface area (Å²) in [7, 11) is 0. The van der Waals surface area contributed by atoms with E-state index in [0.717, 1.165) is 33.4 Å². The molecular formula is C46H41Cl2N3O8. The molecular weight excluding hydrogens is 793 g/mol. The van der Waals surface area contributed by atoms with Gasteiger partial charge in [-0.05, 0) is 108 Å². The Morgan fingerprint density at radius 2 is 1.54 bits per heavy atom. The first-order valence-corrected chi connectivity index (χ1v) is 19.7. The Bertz CT molecular complexity index is 2410. The van der Waals surface area contributed by atoms with Gasteiger partial charge >= 0.3 is 12.1 Å². The number of benzene rings is 5. The third kappa shape index (κ3) is 9.91. The summed E-state index contributed by atoms with van der Waals surface area (Å²) in [5, 5.41) is 22.9. The standard InChI is InChI=1S/C46H41Cl2N3O8/c1-46(2,3)59-45(55)51-24-34-22-41-40(57-26-42(58-41)32-13-15-35(16-14-32)56-25-29-8-17-36(47)37(48)18-29)21-33(34)20-39(51)43(52)50-38(44(53)54)19-27-4-9-30(10-5-27)31-11-6-28(23-49)7-12-31/h4-18,21-22,38-39,42H,19-20,24-26H2,1-3H3,(H,50,52)(H,53,54)/t38-,39-,42?/m0/s1. The topological polar surface area (TPSA) is 147 Å². The molecule has 3 atom stereocenters. The molecule has 0 fully saturated rings. The van der Waals surface area contributed by atoms with Crippen molar-refractivity contribution in [3.8, 4) is 34.4 Å². The number of halogens is 2. The molecule has 59 heavy (non-hydrogen) atoms. The van der Waals surface area contributed by atoms with Crippen LogP contribution in [-0.4, -0.2) is 52.3 Å². The zero-order chi connectivity index (χ0) is 41.8. The Kier molecular flexibility index (Phi) is 12.0. The molecule has 7 rings (SSSR count). The number of carboxylic acids is 1. The van der Waals surface area contributed by atoms with E-state index in [4.69, 9.17) is 47.4 Å². The number of rotatable bonds is 10. The van der Waals surface area contributed by atoms with Crippen molar-refractivity contribution in [2.24, 2.45) is 0 Å². The summed E-state index contributed by atoms with van der Waals surface area (Å²) in [4.78, 5) is 41.5. The van der Waals surface area contributed by atoms with E-state index in [0.29, 0.717) is 45.0 Å². The summed E-state index contributed by atoms with van der Waals surface area (Å²) in [6.45, 7) is 5.78. The normalized spacial score (nSPS) is 16.2. The lowest BCUT2D eigenvalue weighted by molar-refractivity contribution is -0.142. The van der Waals surface area contributed by atoms with Gasteiger partial charge in [-0.15, -0.1) is 0 Å². The molecule has 11 nitrogen and oxygen atoms in total. The van der Waals surface area contributed by atoms with Gasteiger partial charge in [-0.1, -0.05) is 77.8 Å². The first-order valence-electron chi connectivity index (χ1n) is 19.0. The monoisotopic (exact) mass is 833 g/mol. The molecule has 0 bridgehead atoms. The Labute approximate surface area is 352 Å². The number of aliphatic carboxylic acids is 1. The molecule has 2 aliphatic heterocycles. The first kappa shape index (κ1) is 41.0. The molecule has 0 saturated heterocycles. The summed E-state index contributed by atoms with van der Waals surface area (Å²) in [5.41, 5.74) is 5.46. The second kappa shape index (κ2) is 17.3. The van der Waals surface area contributed by atoms with E-state index in [2.05, 4.69) is 11.4 Å². The second-order valence-corrected chi connectivity index (χ2v) is 16.2. The SMILES string of the molecule is CC(C)(C)OC(=O)N1Cc2cc3c(cc2C[C@H]1C(=O)N[C@@H](Cc1ccc(-c2ccc(C#N)cc2)cc1)C(=O)O)OCC(c1ccc(OCc2ccc(Cl)c(Cl)c2)cc1)O3. The summed E-state index contributed by atoms with van der Waals surface area (Å²) in [6.07, 6.45) is -1.02. The van der Waals surface area contributed by atoms with Crippen molar-refractivity contribution in [3.63, 3.8) is 0 Å². The van der Waals surface area contributed by atoms with Crippen LogP contribution in [0.2, 0.25) is 10.0 Å². The van der Waals surface area contributed by atoms with E-state index in [9.17, 15) is 19.5 Å². The van der Waals surface area contributed by atoms with Crippen LogP contribution in [0, 0.1) is 11.3 Å². The predicted molar refractivity (Wildman–Crippen MR) is 222 cm³/mol. The van der Waals surface area contributed by atoms with Gasteiger partial charge < -0.3 is 29.4 Å². The van der Waals surface area contributed by atoms with Crippen LogP contribution in [0.25, 0.3) is 11.1 Å². The van der Waals surface area contributed by atoms with Crippen LogP contribution in [0.15, 0.2) is 103 Å². The van der Waals surface area contributed by atoms with Gasteiger partial charge in [0.1, 0.15) is 36.6 Å². The lowest BCUT2D eigenvalue weighted by Crippen LogP contribution is -2.56. The van der Waals surface area contributed by atoms with Crippen LogP contribution in [-0.2, 0) is 40.3 Å². The summed E-state index contributed by atoms with van der Waals surface area (Å²) in [6, 6.07) is 30.8. The Balaban J connectivity index is 1.04. The van der Waals surface area contributed by atoms with Crippen molar-refractivity contribution in [2.75, 3.05) is 6.61 Å². The van der Waals surface area contributed by atoms with Crippen LogP contribution < -0.4 is 19.5 Å². The number of carbonyl (C=O) groups excluding carboxylic acids is 2. The van der Waals surface area contributed by atoms with E-state index in [1.807, 2.05) is 66.7 Å². The van der Waals surface area contributed by atoms with Gasteiger partial charge in [0.25, 0.3) is 0 Å². The van der Waals surface area contributed by atoms with E-state index in [-0.39, 0.29) is 26.0 Å². The molecule has 13 heteroatoms. The summed E-state index contributed by atoms with van der Waals surface area (Å²) >= 11 is 12.2. The number of nitrogens with one attached hydrogen (secondary N) is 1. The van der Waals surface area contributed by atoms with Crippen LogP contribution in [0.4, 0.5) is 4.79 Å². The number of nitriles is 1. The van der Waals surface area contributed by atoms with Gasteiger partial charge in [0.2, 0.25) is 5.91 Å². The van der Waals surface area contributed by atoms with Gasteiger partial charge in [0.05, 0.1) is 28.2 Å². The lowest BCUT2D eigenvalue weighted by atomic mass is 9.92. The van der Waals surface area contributed by atoms with Gasteiger partial charge in [-0.25, -0.2) is 9.59 Å². The molecule has 2 aliphatic rings. The van der Waals surface area contributed by atoms with E-state index < -0.39 is 41.8 Å². The molecule has 1 unspecified atom stereocenters. The molecule has 0 aromatic heterocycles. The number of nitrogens with zero attached hydrogens (tertiary/aromatic N) is 2. The zero-order valence-corrected chi connectivity index (χ0v) is 34.0. The van der Waals surface area contributed by atoms with E-state index in [1.165, 1.54) is 4.90 Å². The third-order valence-electron chi connectivity index (χ3n) is 9.98. The minimum atomic E-state index is -1.27. The van der Waals surface area contributed by atoms with Gasteiger partial charge in [0.15, 0.2) is 17.6 Å². The highest BCUT2D eigenvalue weighted by atomic mass is 35.5. The van der Waals surface area contributed by atoms with Crippen molar-refractivity contribution < 1.29 is 38.4 Å². The molecule has 5 aromatic carbocycles. The third-order valence-corrected chi connectivity index (χ3v) is 10.7. The highest BCUT2D eigenvalue weighted by molar-refractivity contribution is 6.42. The maximum absolute atomic E-state index is 14.0. The molecule has 0 spiro atoms. The highest BCUT2D eigenvalue weighted by Gasteiger charge is 2.39. The fourth-order valence-electron chi connectivity index (χ4n) is 6.91. The van der Waals surface area contributed by atoms with Crippen molar-refractivity contribution in [1.82, 2.24) is 10.2 Å². The van der Waals surface area contributed by atoms with Gasteiger partial charge in [-0.2, -0.15) is 5.26 Å². The van der Waals surface area contributed by atoms with Gasteiger partial charge in [0, 0.05) is 12.8 Å². The number of carbonyl (C=O) groups is 3. The van der Waals surface area contributed by atoms with Crippen molar-refractivity contribution in [1.29, 1.82) is 5.26 Å². The maximum atomic E-state index is 14.0. The average molecular weight is 835 g/mol. The molecule has 0 radical (unpaired) electrons. The molecule has 2 heterocycles. The second-order valence-electron chi connectivity index (χ2n) is 15.4. The molecule has 0 saturated carbocycles. The zero-order valence-electron chi connectivity index (χ0n) is 32.5. The van der Waals surface area contributed by atoms with E-state index >= 15 is 0 Å². The van der Waals surface area contributed by atoms with Crippen LogP contribution >= 0.6 is 23.2 Å². The fourth-order valence-corrected chi connectivity index (χ4v) is 7.23. The minimum Gasteiger partial charge on any atom is -0.489 e. The Hall–Kier alpha value is -6.22. The van der Waals surface area contributed by atoms with Crippen LogP contribution in [0.5, 0.6) is 17.2 Å². The number of hydrogen-bond acceptors (Lipinski definition) is 8. The molecule has 2 N–H and O–H groups in total. The fraction of sp³-hybridized carbons (Fsp3) is 0.261. The predicted octanol–water partition coefficient (Wildman–Crippen LogP) is 9.10. The van der Waals surface area contributed by atoms with Crippen LogP contribution in [0.1, 0.15) is 60.3 Å². The summed E-state index contributed by atoms with van der Waals surface area (Å²) < 4.78 is 24.3. The number of ether oxygens (including phenoxy) is 4. The largest absolute Gasteiger partial charge is 0.489 e. The first-order chi connectivity index (χ1) is 28.2. The van der Waals surface area contributed by atoms with Gasteiger partial charge in [-0.3, -0.25) is 9.69 Å². The Morgan fingerprint density at radius 1 is 0.881 bits per heavy atom. The lowest BCUT2D eigenvalue weighted by Gasteiger charge is -2.38. The van der Waals surface area contributed by atoms with Crippen LogP contribution in [0.3, 0.4) is 0 Å². The number of hydrogen-bond donors (Lipinski definition) is 2. The maximum Gasteiger partial charge on any atom is 0.411 e. The van der Waals surface area contributed by atoms with E-state index in [1.54, 1.807) is 57.2 Å². The van der Waals surface area contributed by atoms with Crippen molar-refractivity contribution in [3.05, 3.63) is 147 Å². The number of carboxylic acid groups (broad SMARTS) is 1.